The van der Waals surface area contributed by atoms with E-state index in [1.807, 2.05) is 11.9 Å². The first kappa shape index (κ1) is 24.2. The number of carbonyl (C=O) groups excluding carboxylic acids is 1. The monoisotopic (exact) mass is 463 g/mol. The van der Waals surface area contributed by atoms with Gasteiger partial charge >= 0.3 is 0 Å². The molecule has 2 aromatic rings. The Labute approximate surface area is 189 Å². The molecule has 32 heavy (non-hydrogen) atoms. The van der Waals surface area contributed by atoms with Gasteiger partial charge in [-0.05, 0) is 42.7 Å². The highest BCUT2D eigenvalue weighted by Gasteiger charge is 2.26. The molecule has 9 heteroatoms. The smallest absolute Gasteiger partial charge is 0.243 e. The SMILES string of the molecule is CN(CCCNC(=O)CCc1ccc(S(=O)(=O)N2CCOCC2)cc1)c1ccccc1F. The first-order chi connectivity index (χ1) is 15.4. The van der Waals surface area contributed by atoms with Crippen LogP contribution in [0.25, 0.3) is 0 Å². The number of sulfonamides is 1. The Morgan fingerprint density at radius 1 is 1.12 bits per heavy atom. The van der Waals surface area contributed by atoms with Gasteiger partial charge in [0.05, 0.1) is 23.8 Å². The topological polar surface area (TPSA) is 79.0 Å². The number of halogens is 1. The predicted molar refractivity (Wildman–Crippen MR) is 122 cm³/mol. The van der Waals surface area contributed by atoms with Gasteiger partial charge in [-0.1, -0.05) is 24.3 Å². The molecule has 0 radical (unpaired) electrons. The number of para-hydroxylation sites is 1. The van der Waals surface area contributed by atoms with Crippen LogP contribution in [0.5, 0.6) is 0 Å². The number of anilines is 1. The Kier molecular flexibility index (Phi) is 8.60. The molecule has 0 aliphatic carbocycles. The fourth-order valence-electron chi connectivity index (χ4n) is 3.54. The van der Waals surface area contributed by atoms with Gasteiger partial charge in [0.1, 0.15) is 5.82 Å². The maximum absolute atomic E-state index is 13.8. The Morgan fingerprint density at radius 3 is 2.50 bits per heavy atom. The lowest BCUT2D eigenvalue weighted by Crippen LogP contribution is -2.40. The molecule has 1 aliphatic rings. The van der Waals surface area contributed by atoms with Gasteiger partial charge in [-0.25, -0.2) is 12.8 Å². The highest BCUT2D eigenvalue weighted by atomic mass is 32.2. The molecule has 0 atom stereocenters. The number of rotatable bonds is 10. The van der Waals surface area contributed by atoms with Crippen LogP contribution >= 0.6 is 0 Å². The molecular weight excluding hydrogens is 433 g/mol. The molecule has 3 rings (SSSR count). The summed E-state index contributed by atoms with van der Waals surface area (Å²) in [5, 5.41) is 2.88. The highest BCUT2D eigenvalue weighted by Crippen LogP contribution is 2.19. The van der Waals surface area contributed by atoms with E-state index in [-0.39, 0.29) is 16.6 Å². The number of carbonyl (C=O) groups is 1. The van der Waals surface area contributed by atoms with Gasteiger partial charge in [0, 0.05) is 39.6 Å². The molecule has 7 nitrogen and oxygen atoms in total. The third kappa shape index (κ3) is 6.51. The lowest BCUT2D eigenvalue weighted by Gasteiger charge is -2.26. The predicted octanol–water partition coefficient (Wildman–Crippen LogP) is 2.42. The summed E-state index contributed by atoms with van der Waals surface area (Å²) in [6.07, 6.45) is 1.54. The number of aryl methyl sites for hydroxylation is 1. The van der Waals surface area contributed by atoms with E-state index in [2.05, 4.69) is 5.32 Å². The van der Waals surface area contributed by atoms with E-state index in [0.29, 0.717) is 64.3 Å². The fraction of sp³-hybridized carbons (Fsp3) is 0.435. The average molecular weight is 464 g/mol. The minimum absolute atomic E-state index is 0.0661. The molecule has 1 N–H and O–H groups in total. The number of amides is 1. The zero-order valence-corrected chi connectivity index (χ0v) is 19.1. The fourth-order valence-corrected chi connectivity index (χ4v) is 4.94. The molecule has 0 aromatic heterocycles. The summed E-state index contributed by atoms with van der Waals surface area (Å²) < 4.78 is 45.7. The molecule has 1 saturated heterocycles. The second-order valence-electron chi connectivity index (χ2n) is 7.74. The standard InChI is InChI=1S/C23H30FN3O4S/c1-26(22-6-3-2-5-21(22)24)14-4-13-25-23(28)12-9-19-7-10-20(11-8-19)32(29,30)27-15-17-31-18-16-27/h2-3,5-8,10-11H,4,9,12-18H2,1H3,(H,25,28). The Balaban J connectivity index is 1.39. The van der Waals surface area contributed by atoms with Gasteiger partial charge in [0.25, 0.3) is 0 Å². The summed E-state index contributed by atoms with van der Waals surface area (Å²) in [4.78, 5) is 14.2. The lowest BCUT2D eigenvalue weighted by molar-refractivity contribution is -0.121. The van der Waals surface area contributed by atoms with E-state index in [4.69, 9.17) is 4.74 Å². The second-order valence-corrected chi connectivity index (χ2v) is 9.67. The number of hydrogen-bond acceptors (Lipinski definition) is 5. The highest BCUT2D eigenvalue weighted by molar-refractivity contribution is 7.89. The van der Waals surface area contributed by atoms with Crippen molar-refractivity contribution in [3.8, 4) is 0 Å². The van der Waals surface area contributed by atoms with E-state index >= 15 is 0 Å². The molecule has 0 saturated carbocycles. The molecule has 0 bridgehead atoms. The van der Waals surface area contributed by atoms with Gasteiger partial charge < -0.3 is 15.0 Å². The van der Waals surface area contributed by atoms with Crippen molar-refractivity contribution in [3.63, 3.8) is 0 Å². The van der Waals surface area contributed by atoms with Gasteiger partial charge in [-0.3, -0.25) is 4.79 Å². The minimum atomic E-state index is -3.51. The van der Waals surface area contributed by atoms with Crippen LogP contribution in [0.15, 0.2) is 53.4 Å². The zero-order chi connectivity index (χ0) is 23.0. The van der Waals surface area contributed by atoms with Crippen molar-refractivity contribution in [3.05, 3.63) is 59.9 Å². The largest absolute Gasteiger partial charge is 0.379 e. The normalized spacial score (nSPS) is 14.8. The van der Waals surface area contributed by atoms with Crippen molar-refractivity contribution in [2.75, 3.05) is 51.3 Å². The van der Waals surface area contributed by atoms with Crippen molar-refractivity contribution in [1.82, 2.24) is 9.62 Å². The molecule has 1 amide bonds. The Bertz CT molecular complexity index is 993. The van der Waals surface area contributed by atoms with Crippen molar-refractivity contribution in [1.29, 1.82) is 0 Å². The average Bonchev–Trinajstić information content (AvgIpc) is 2.81. The van der Waals surface area contributed by atoms with Crippen LogP contribution in [-0.2, 0) is 26.0 Å². The van der Waals surface area contributed by atoms with Crippen LogP contribution in [0.3, 0.4) is 0 Å². The summed E-state index contributed by atoms with van der Waals surface area (Å²) in [6.45, 7) is 2.67. The maximum Gasteiger partial charge on any atom is 0.243 e. The maximum atomic E-state index is 13.8. The third-order valence-electron chi connectivity index (χ3n) is 5.43. The molecule has 0 spiro atoms. The van der Waals surface area contributed by atoms with Crippen LogP contribution in [-0.4, -0.2) is 65.1 Å². The van der Waals surface area contributed by atoms with Crippen LogP contribution in [0.2, 0.25) is 0 Å². The molecular formula is C23H30FN3O4S. The van der Waals surface area contributed by atoms with Crippen molar-refractivity contribution in [2.24, 2.45) is 0 Å². The molecule has 1 heterocycles. The zero-order valence-electron chi connectivity index (χ0n) is 18.3. The molecule has 2 aromatic carbocycles. The lowest BCUT2D eigenvalue weighted by atomic mass is 10.1. The van der Waals surface area contributed by atoms with Crippen molar-refractivity contribution >= 4 is 21.6 Å². The molecule has 1 aliphatic heterocycles. The van der Waals surface area contributed by atoms with E-state index < -0.39 is 10.0 Å². The summed E-state index contributed by atoms with van der Waals surface area (Å²) in [6, 6.07) is 13.3. The number of ether oxygens (including phenoxy) is 1. The van der Waals surface area contributed by atoms with Crippen LogP contribution < -0.4 is 10.2 Å². The third-order valence-corrected chi connectivity index (χ3v) is 7.34. The number of hydrogen-bond donors (Lipinski definition) is 1. The van der Waals surface area contributed by atoms with Crippen LogP contribution in [0.4, 0.5) is 10.1 Å². The van der Waals surface area contributed by atoms with Crippen LogP contribution in [0.1, 0.15) is 18.4 Å². The van der Waals surface area contributed by atoms with Gasteiger partial charge in [0.15, 0.2) is 0 Å². The van der Waals surface area contributed by atoms with E-state index in [1.54, 1.807) is 42.5 Å². The summed E-state index contributed by atoms with van der Waals surface area (Å²) in [5.74, 6) is -0.327. The Morgan fingerprint density at radius 2 is 1.81 bits per heavy atom. The number of morpholine rings is 1. The van der Waals surface area contributed by atoms with Gasteiger partial charge in [-0.15, -0.1) is 0 Å². The van der Waals surface area contributed by atoms with Gasteiger partial charge in [0.2, 0.25) is 15.9 Å². The molecule has 0 unspecified atom stereocenters. The Hall–Kier alpha value is -2.49. The molecule has 174 valence electrons. The minimum Gasteiger partial charge on any atom is -0.379 e. The van der Waals surface area contributed by atoms with E-state index in [0.717, 1.165) is 5.56 Å². The quantitative estimate of drug-likeness (QED) is 0.548. The summed E-state index contributed by atoms with van der Waals surface area (Å²) in [7, 11) is -1.69. The van der Waals surface area contributed by atoms with Crippen LogP contribution in [0, 0.1) is 5.82 Å². The van der Waals surface area contributed by atoms with E-state index in [1.165, 1.54) is 10.4 Å². The van der Waals surface area contributed by atoms with Crippen molar-refractivity contribution in [2.45, 2.75) is 24.2 Å². The van der Waals surface area contributed by atoms with E-state index in [9.17, 15) is 17.6 Å². The number of nitrogens with one attached hydrogen (secondary N) is 1. The number of benzene rings is 2. The second kappa shape index (κ2) is 11.4. The summed E-state index contributed by atoms with van der Waals surface area (Å²) in [5.41, 5.74) is 1.44. The first-order valence-corrected chi connectivity index (χ1v) is 12.2. The summed E-state index contributed by atoms with van der Waals surface area (Å²) >= 11 is 0. The first-order valence-electron chi connectivity index (χ1n) is 10.8. The number of nitrogens with zero attached hydrogens (tertiary/aromatic N) is 2. The molecule has 1 fully saturated rings. The van der Waals surface area contributed by atoms with Gasteiger partial charge in [-0.2, -0.15) is 4.31 Å². The van der Waals surface area contributed by atoms with Crippen molar-refractivity contribution < 1.29 is 22.3 Å².